The number of aryl methyl sites for hydroxylation is 1. The lowest BCUT2D eigenvalue weighted by molar-refractivity contribution is -0.117. The molecule has 0 unspecified atom stereocenters. The SMILES string of the molecule is C=C/N=C(/N[C@@H](C)CN1CCN(C2=C(C)N=C(NC(C)=O)C2)CC1)c1cccc(C)c1C. The Kier molecular flexibility index (Phi) is 7.85. The first-order valence-corrected chi connectivity index (χ1v) is 11.3. The second-order valence-corrected chi connectivity index (χ2v) is 8.69. The van der Waals surface area contributed by atoms with E-state index < -0.39 is 0 Å². The van der Waals surface area contributed by atoms with Crippen LogP contribution in [0.2, 0.25) is 0 Å². The molecular weight excluding hydrogens is 400 g/mol. The van der Waals surface area contributed by atoms with E-state index in [0.717, 1.165) is 55.7 Å². The van der Waals surface area contributed by atoms with Crippen molar-refractivity contribution < 1.29 is 4.79 Å². The van der Waals surface area contributed by atoms with Gasteiger partial charge in [-0.3, -0.25) is 9.69 Å². The van der Waals surface area contributed by atoms with Crippen molar-refractivity contribution in [2.75, 3.05) is 32.7 Å². The van der Waals surface area contributed by atoms with Gasteiger partial charge in [-0.1, -0.05) is 24.8 Å². The largest absolute Gasteiger partial charge is 0.370 e. The van der Waals surface area contributed by atoms with E-state index in [1.165, 1.54) is 23.7 Å². The van der Waals surface area contributed by atoms with Crippen molar-refractivity contribution in [2.24, 2.45) is 9.98 Å². The van der Waals surface area contributed by atoms with Crippen LogP contribution in [0.3, 0.4) is 0 Å². The van der Waals surface area contributed by atoms with Crippen LogP contribution in [-0.2, 0) is 4.79 Å². The van der Waals surface area contributed by atoms with Crippen LogP contribution in [0.4, 0.5) is 0 Å². The van der Waals surface area contributed by atoms with Crippen molar-refractivity contribution in [1.82, 2.24) is 20.4 Å². The minimum Gasteiger partial charge on any atom is -0.370 e. The molecule has 1 saturated heterocycles. The van der Waals surface area contributed by atoms with Crippen LogP contribution in [0, 0.1) is 13.8 Å². The summed E-state index contributed by atoms with van der Waals surface area (Å²) in [5.74, 6) is 1.57. The summed E-state index contributed by atoms with van der Waals surface area (Å²) >= 11 is 0. The van der Waals surface area contributed by atoms with Gasteiger partial charge in [0.1, 0.15) is 11.7 Å². The number of allylic oxidation sites excluding steroid dienone is 1. The molecule has 3 rings (SSSR count). The summed E-state index contributed by atoms with van der Waals surface area (Å²) in [6.07, 6.45) is 2.31. The Labute approximate surface area is 192 Å². The molecule has 0 aliphatic carbocycles. The minimum atomic E-state index is -0.0654. The first-order chi connectivity index (χ1) is 15.3. The molecule has 2 aliphatic heterocycles. The molecule has 1 amide bonds. The number of nitrogens with one attached hydrogen (secondary N) is 2. The Balaban J connectivity index is 1.53. The van der Waals surface area contributed by atoms with E-state index in [-0.39, 0.29) is 11.9 Å². The fourth-order valence-corrected chi connectivity index (χ4v) is 4.36. The number of rotatable bonds is 6. The quantitative estimate of drug-likeness (QED) is 0.531. The Bertz CT molecular complexity index is 953. The summed E-state index contributed by atoms with van der Waals surface area (Å²) < 4.78 is 0. The summed E-state index contributed by atoms with van der Waals surface area (Å²) in [6, 6.07) is 6.56. The molecule has 2 heterocycles. The Morgan fingerprint density at radius 2 is 1.97 bits per heavy atom. The zero-order chi connectivity index (χ0) is 23.3. The van der Waals surface area contributed by atoms with Gasteiger partial charge in [-0.15, -0.1) is 0 Å². The van der Waals surface area contributed by atoms with Gasteiger partial charge in [0, 0.05) is 69.6 Å². The zero-order valence-electron chi connectivity index (χ0n) is 20.0. The van der Waals surface area contributed by atoms with Crippen molar-refractivity contribution in [3.8, 4) is 0 Å². The van der Waals surface area contributed by atoms with Crippen LogP contribution in [0.1, 0.15) is 43.9 Å². The maximum Gasteiger partial charge on any atom is 0.222 e. The lowest BCUT2D eigenvalue weighted by Gasteiger charge is -2.38. The Morgan fingerprint density at radius 3 is 2.62 bits per heavy atom. The highest BCUT2D eigenvalue weighted by Gasteiger charge is 2.25. The average Bonchev–Trinajstić information content (AvgIpc) is 3.09. The fourth-order valence-electron chi connectivity index (χ4n) is 4.36. The average molecular weight is 437 g/mol. The molecule has 0 bridgehead atoms. The van der Waals surface area contributed by atoms with E-state index in [9.17, 15) is 4.79 Å². The molecule has 172 valence electrons. The summed E-state index contributed by atoms with van der Waals surface area (Å²) in [5, 5.41) is 6.43. The van der Waals surface area contributed by atoms with Crippen LogP contribution in [-0.4, -0.2) is 66.1 Å². The lowest BCUT2D eigenvalue weighted by Crippen LogP contribution is -2.50. The highest BCUT2D eigenvalue weighted by atomic mass is 16.1. The molecule has 1 fully saturated rings. The van der Waals surface area contributed by atoms with Crippen LogP contribution < -0.4 is 10.6 Å². The van der Waals surface area contributed by atoms with E-state index in [0.29, 0.717) is 6.42 Å². The molecule has 2 aliphatic rings. The first-order valence-electron chi connectivity index (χ1n) is 11.3. The molecule has 7 heteroatoms. The fraction of sp³-hybridized carbons (Fsp3) is 0.480. The molecule has 0 radical (unpaired) electrons. The van der Waals surface area contributed by atoms with Crippen molar-refractivity contribution in [1.29, 1.82) is 0 Å². The molecule has 32 heavy (non-hydrogen) atoms. The van der Waals surface area contributed by atoms with Crippen LogP contribution in [0.15, 0.2) is 52.4 Å². The van der Waals surface area contributed by atoms with Gasteiger partial charge in [0.2, 0.25) is 5.91 Å². The maximum absolute atomic E-state index is 11.3. The monoisotopic (exact) mass is 436 g/mol. The number of benzene rings is 1. The minimum absolute atomic E-state index is 0.0654. The molecule has 0 aromatic heterocycles. The number of aliphatic imine (C=N–C) groups is 2. The highest BCUT2D eigenvalue weighted by Crippen LogP contribution is 2.23. The summed E-state index contributed by atoms with van der Waals surface area (Å²) in [4.78, 5) is 25.3. The van der Waals surface area contributed by atoms with Gasteiger partial charge in [-0.05, 0) is 38.8 Å². The van der Waals surface area contributed by atoms with Gasteiger partial charge in [0.25, 0.3) is 0 Å². The number of carbonyl (C=O) groups excluding carboxylic acids is 1. The van der Waals surface area contributed by atoms with E-state index in [4.69, 9.17) is 0 Å². The lowest BCUT2D eigenvalue weighted by atomic mass is 10.0. The molecule has 0 saturated carbocycles. The number of amidine groups is 2. The number of carbonyl (C=O) groups is 1. The van der Waals surface area contributed by atoms with Crippen molar-refractivity contribution in [2.45, 2.75) is 47.1 Å². The zero-order valence-corrected chi connectivity index (χ0v) is 20.0. The van der Waals surface area contributed by atoms with Gasteiger partial charge in [-0.2, -0.15) is 0 Å². The Morgan fingerprint density at radius 1 is 1.25 bits per heavy atom. The number of nitrogens with zero attached hydrogens (tertiary/aromatic N) is 4. The van der Waals surface area contributed by atoms with Crippen LogP contribution in [0.5, 0.6) is 0 Å². The molecule has 1 atom stereocenters. The van der Waals surface area contributed by atoms with Crippen molar-refractivity contribution in [3.63, 3.8) is 0 Å². The van der Waals surface area contributed by atoms with Crippen molar-refractivity contribution in [3.05, 3.63) is 59.1 Å². The molecular formula is C25H36N6O. The third-order valence-corrected chi connectivity index (χ3v) is 6.12. The number of hydrogen-bond donors (Lipinski definition) is 2. The van der Waals surface area contributed by atoms with E-state index >= 15 is 0 Å². The van der Waals surface area contributed by atoms with Gasteiger partial charge >= 0.3 is 0 Å². The molecule has 1 aromatic carbocycles. The Hall–Kier alpha value is -2.93. The topological polar surface area (TPSA) is 72.3 Å². The second-order valence-electron chi connectivity index (χ2n) is 8.69. The molecule has 2 N–H and O–H groups in total. The van der Waals surface area contributed by atoms with Gasteiger partial charge in [-0.25, -0.2) is 9.98 Å². The van der Waals surface area contributed by atoms with Gasteiger partial charge in [0.15, 0.2) is 0 Å². The third-order valence-electron chi connectivity index (χ3n) is 6.12. The molecule has 0 spiro atoms. The van der Waals surface area contributed by atoms with E-state index in [1.807, 2.05) is 6.92 Å². The summed E-state index contributed by atoms with van der Waals surface area (Å²) in [7, 11) is 0. The number of amides is 1. The van der Waals surface area contributed by atoms with E-state index in [2.05, 4.69) is 76.0 Å². The third kappa shape index (κ3) is 5.85. The van der Waals surface area contributed by atoms with E-state index in [1.54, 1.807) is 6.20 Å². The standard InChI is InChI=1S/C25H36N6O/c1-7-26-25(22-10-8-9-17(2)19(22)4)27-18(3)16-30-11-13-31(14-12-30)23-15-24(28-20(23)5)29-21(6)32/h7-10,18H,1,11-16H2,2-6H3,(H,26,27)(H,28,29,32)/t18-/m0/s1. The first kappa shape index (κ1) is 23.7. The maximum atomic E-state index is 11.3. The van der Waals surface area contributed by atoms with Crippen molar-refractivity contribution >= 4 is 17.6 Å². The number of piperazine rings is 1. The molecule has 1 aromatic rings. The molecule has 7 nitrogen and oxygen atoms in total. The second kappa shape index (κ2) is 10.6. The normalized spacial score (nSPS) is 18.5. The summed E-state index contributed by atoms with van der Waals surface area (Å²) in [5.41, 5.74) is 5.86. The summed E-state index contributed by atoms with van der Waals surface area (Å²) in [6.45, 7) is 18.7. The van der Waals surface area contributed by atoms with Crippen LogP contribution in [0.25, 0.3) is 0 Å². The number of hydrogen-bond acceptors (Lipinski definition) is 5. The van der Waals surface area contributed by atoms with Gasteiger partial charge in [0.05, 0.1) is 5.70 Å². The highest BCUT2D eigenvalue weighted by molar-refractivity contribution is 6.01. The van der Waals surface area contributed by atoms with Crippen LogP contribution >= 0.6 is 0 Å². The predicted octanol–water partition coefficient (Wildman–Crippen LogP) is 2.96. The predicted molar refractivity (Wildman–Crippen MR) is 132 cm³/mol. The van der Waals surface area contributed by atoms with Gasteiger partial charge < -0.3 is 15.5 Å². The smallest absolute Gasteiger partial charge is 0.222 e.